The molecular weight excluding hydrogens is 436 g/mol. The first-order valence-electron chi connectivity index (χ1n) is 12.1. The maximum absolute atomic E-state index is 6.16. The van der Waals surface area contributed by atoms with Crippen LogP contribution < -0.4 is 9.47 Å². The van der Waals surface area contributed by atoms with E-state index in [4.69, 9.17) is 14.6 Å². The van der Waals surface area contributed by atoms with Gasteiger partial charge in [-0.05, 0) is 61.6 Å². The molecule has 6 nitrogen and oxygen atoms in total. The first-order valence-corrected chi connectivity index (χ1v) is 12.1. The monoisotopic (exact) mass is 468 g/mol. The van der Waals surface area contributed by atoms with Crippen LogP contribution in [0, 0.1) is 0 Å². The van der Waals surface area contributed by atoms with Gasteiger partial charge in [-0.3, -0.25) is 4.90 Å². The molecule has 0 bridgehead atoms. The molecule has 0 N–H and O–H groups in total. The van der Waals surface area contributed by atoms with Gasteiger partial charge >= 0.3 is 0 Å². The third-order valence-electron chi connectivity index (χ3n) is 6.50. The number of benzene rings is 3. The third-order valence-corrected chi connectivity index (χ3v) is 6.50. The maximum Gasteiger partial charge on any atom is 0.120 e. The van der Waals surface area contributed by atoms with Crippen molar-refractivity contribution in [2.75, 3.05) is 53.5 Å². The molecule has 180 valence electrons. The number of piperazine rings is 1. The molecule has 35 heavy (non-hydrogen) atoms. The predicted octanol–water partition coefficient (Wildman–Crippen LogP) is 4.84. The highest BCUT2D eigenvalue weighted by Crippen LogP contribution is 2.31. The summed E-state index contributed by atoms with van der Waals surface area (Å²) in [6, 6.07) is 28.7. The smallest absolute Gasteiger partial charge is 0.120 e. The Morgan fingerprint density at radius 1 is 0.771 bits per heavy atom. The highest BCUT2D eigenvalue weighted by molar-refractivity contribution is 5.71. The minimum absolute atomic E-state index is 0.683. The fourth-order valence-electron chi connectivity index (χ4n) is 4.36. The molecule has 1 fully saturated rings. The molecule has 1 aliphatic heterocycles. The Morgan fingerprint density at radius 2 is 1.54 bits per heavy atom. The average Bonchev–Trinajstić information content (AvgIpc) is 3.36. The Bertz CT molecular complexity index is 1230. The molecule has 0 amide bonds. The molecule has 0 atom stereocenters. The van der Waals surface area contributed by atoms with Crippen LogP contribution in [0.3, 0.4) is 0 Å². The summed E-state index contributed by atoms with van der Waals surface area (Å²) in [6.45, 7) is 6.07. The average molecular weight is 469 g/mol. The molecular formula is C29H32N4O2. The minimum Gasteiger partial charge on any atom is -0.497 e. The lowest BCUT2D eigenvalue weighted by Crippen LogP contribution is -2.45. The molecule has 0 saturated carbocycles. The van der Waals surface area contributed by atoms with E-state index in [0.29, 0.717) is 6.61 Å². The van der Waals surface area contributed by atoms with Gasteiger partial charge in [-0.15, -0.1) is 0 Å². The number of methoxy groups -OCH3 is 1. The van der Waals surface area contributed by atoms with E-state index < -0.39 is 0 Å². The van der Waals surface area contributed by atoms with Crippen LogP contribution in [-0.2, 0) is 0 Å². The summed E-state index contributed by atoms with van der Waals surface area (Å²) in [5, 5.41) is 4.97. The number of nitrogens with zero attached hydrogens (tertiary/aromatic N) is 4. The maximum atomic E-state index is 6.16. The van der Waals surface area contributed by atoms with Crippen LogP contribution >= 0.6 is 0 Å². The van der Waals surface area contributed by atoms with Gasteiger partial charge in [0, 0.05) is 43.9 Å². The molecule has 0 unspecified atom stereocenters. The van der Waals surface area contributed by atoms with Crippen LogP contribution in [0.25, 0.3) is 28.2 Å². The number of para-hydroxylation sites is 1. The number of ether oxygens (including phenoxy) is 2. The Morgan fingerprint density at radius 3 is 2.29 bits per heavy atom. The van der Waals surface area contributed by atoms with Gasteiger partial charge < -0.3 is 14.4 Å². The predicted molar refractivity (Wildman–Crippen MR) is 140 cm³/mol. The van der Waals surface area contributed by atoms with Crippen LogP contribution in [0.5, 0.6) is 11.5 Å². The molecule has 0 aliphatic carbocycles. The first kappa shape index (κ1) is 23.1. The normalized spacial score (nSPS) is 14.7. The van der Waals surface area contributed by atoms with Crippen LogP contribution in [0.15, 0.2) is 84.9 Å². The van der Waals surface area contributed by atoms with Gasteiger partial charge in [0.15, 0.2) is 0 Å². The zero-order valence-corrected chi connectivity index (χ0v) is 20.4. The quantitative estimate of drug-likeness (QED) is 0.370. The van der Waals surface area contributed by atoms with Crippen molar-refractivity contribution in [1.82, 2.24) is 19.6 Å². The van der Waals surface area contributed by atoms with E-state index >= 15 is 0 Å². The Hall–Kier alpha value is -3.61. The molecule has 0 spiro atoms. The first-order chi connectivity index (χ1) is 17.2. The minimum atomic E-state index is 0.683. The lowest BCUT2D eigenvalue weighted by molar-refractivity contribution is 0.134. The fourth-order valence-corrected chi connectivity index (χ4v) is 4.36. The van der Waals surface area contributed by atoms with Crippen LogP contribution in [-0.4, -0.2) is 73.1 Å². The number of hydrogen-bond donors (Lipinski definition) is 0. The summed E-state index contributed by atoms with van der Waals surface area (Å²) in [6.07, 6.45) is 0. The van der Waals surface area contributed by atoms with Gasteiger partial charge in [-0.25, -0.2) is 4.68 Å². The molecule has 5 rings (SSSR count). The zero-order valence-electron chi connectivity index (χ0n) is 20.4. The zero-order chi connectivity index (χ0) is 24.0. The van der Waals surface area contributed by atoms with Crippen LogP contribution in [0.1, 0.15) is 0 Å². The molecule has 1 aromatic heterocycles. The highest BCUT2D eigenvalue weighted by atomic mass is 16.5. The lowest BCUT2D eigenvalue weighted by Gasteiger charge is -2.32. The molecule has 4 aromatic rings. The van der Waals surface area contributed by atoms with Gasteiger partial charge in [-0.1, -0.05) is 30.3 Å². The highest BCUT2D eigenvalue weighted by Gasteiger charge is 2.15. The van der Waals surface area contributed by atoms with E-state index in [9.17, 15) is 0 Å². The summed E-state index contributed by atoms with van der Waals surface area (Å²) in [4.78, 5) is 4.84. The second-order valence-corrected chi connectivity index (χ2v) is 8.91. The fraction of sp³-hybridized carbons (Fsp3) is 0.276. The number of hydrogen-bond acceptors (Lipinski definition) is 5. The molecule has 0 radical (unpaired) electrons. The van der Waals surface area contributed by atoms with Crippen molar-refractivity contribution in [3.8, 4) is 39.7 Å². The van der Waals surface area contributed by atoms with E-state index in [0.717, 1.165) is 72.4 Å². The summed E-state index contributed by atoms with van der Waals surface area (Å²) in [5.74, 6) is 1.71. The summed E-state index contributed by atoms with van der Waals surface area (Å²) < 4.78 is 13.5. The molecule has 3 aromatic carbocycles. The molecule has 2 heterocycles. The van der Waals surface area contributed by atoms with E-state index in [2.05, 4.69) is 53.2 Å². The second-order valence-electron chi connectivity index (χ2n) is 8.91. The number of rotatable bonds is 8. The standard InChI is InChI=1S/C29H32N4O2/c1-31-15-17-32(18-16-31)19-20-35-27-10-6-7-24(21-27)29-22-28(23-11-13-26(34-2)14-12-23)30-33(29)25-8-4-3-5-9-25/h3-14,21-22H,15-20H2,1-2H3. The molecule has 1 saturated heterocycles. The second kappa shape index (κ2) is 10.8. The van der Waals surface area contributed by atoms with Crippen molar-refractivity contribution >= 4 is 0 Å². The van der Waals surface area contributed by atoms with Crippen LogP contribution in [0.4, 0.5) is 0 Å². The van der Waals surface area contributed by atoms with Crippen molar-refractivity contribution in [2.24, 2.45) is 0 Å². The van der Waals surface area contributed by atoms with E-state index in [-0.39, 0.29) is 0 Å². The summed E-state index contributed by atoms with van der Waals surface area (Å²) >= 11 is 0. The van der Waals surface area contributed by atoms with Crippen molar-refractivity contribution in [3.05, 3.63) is 84.9 Å². The Kier molecular flexibility index (Phi) is 7.12. The lowest BCUT2D eigenvalue weighted by atomic mass is 10.1. The topological polar surface area (TPSA) is 42.8 Å². The van der Waals surface area contributed by atoms with Crippen molar-refractivity contribution in [2.45, 2.75) is 0 Å². The van der Waals surface area contributed by atoms with Gasteiger partial charge in [0.25, 0.3) is 0 Å². The largest absolute Gasteiger partial charge is 0.497 e. The molecule has 6 heteroatoms. The van der Waals surface area contributed by atoms with E-state index in [1.165, 1.54) is 0 Å². The van der Waals surface area contributed by atoms with Gasteiger partial charge in [0.2, 0.25) is 0 Å². The SMILES string of the molecule is COc1ccc(-c2cc(-c3cccc(OCCN4CCN(C)CC4)c3)n(-c3ccccc3)n2)cc1. The molecule has 1 aliphatic rings. The van der Waals surface area contributed by atoms with Gasteiger partial charge in [-0.2, -0.15) is 5.10 Å². The van der Waals surface area contributed by atoms with Gasteiger partial charge in [0.05, 0.1) is 24.2 Å². The van der Waals surface area contributed by atoms with E-state index in [1.54, 1.807) is 7.11 Å². The Labute approximate surface area is 207 Å². The van der Waals surface area contributed by atoms with Crippen molar-refractivity contribution in [1.29, 1.82) is 0 Å². The third kappa shape index (κ3) is 5.56. The van der Waals surface area contributed by atoms with Crippen LogP contribution in [0.2, 0.25) is 0 Å². The van der Waals surface area contributed by atoms with E-state index in [1.807, 2.05) is 53.2 Å². The van der Waals surface area contributed by atoms with Gasteiger partial charge in [0.1, 0.15) is 18.1 Å². The Balaban J connectivity index is 1.39. The van der Waals surface area contributed by atoms with Crippen molar-refractivity contribution in [3.63, 3.8) is 0 Å². The number of likely N-dealkylation sites (N-methyl/N-ethyl adjacent to an activating group) is 1. The number of aromatic nitrogens is 2. The summed E-state index contributed by atoms with van der Waals surface area (Å²) in [7, 11) is 3.86. The summed E-state index contributed by atoms with van der Waals surface area (Å²) in [5.41, 5.74) is 5.06. The van der Waals surface area contributed by atoms with Crippen molar-refractivity contribution < 1.29 is 9.47 Å².